The minimum absolute atomic E-state index is 0.0420. The molecule has 0 atom stereocenters. The largest absolute Gasteiger partial charge is 0.314 e. The maximum atomic E-state index is 13.0. The van der Waals surface area contributed by atoms with Crippen LogP contribution in [0.2, 0.25) is 0 Å². The van der Waals surface area contributed by atoms with Crippen LogP contribution < -0.4 is 5.56 Å². The predicted molar refractivity (Wildman–Crippen MR) is 110 cm³/mol. The third kappa shape index (κ3) is 2.77. The topological polar surface area (TPSA) is 52.2 Å². The number of hydrogen-bond acceptors (Lipinski definition) is 3. The Balaban J connectivity index is 1.56. The summed E-state index contributed by atoms with van der Waals surface area (Å²) in [5.41, 5.74) is 4.70. The Morgan fingerprint density at radius 2 is 1.61 bits per heavy atom. The number of aryl methyl sites for hydroxylation is 2. The molecule has 0 saturated carbocycles. The predicted octanol–water partition coefficient (Wildman–Crippen LogP) is 3.95. The van der Waals surface area contributed by atoms with E-state index in [2.05, 4.69) is 22.2 Å². The van der Waals surface area contributed by atoms with E-state index in [0.29, 0.717) is 11.9 Å². The summed E-state index contributed by atoms with van der Waals surface area (Å²) in [6.45, 7) is 0.630. The lowest BCUT2D eigenvalue weighted by Gasteiger charge is -2.08. The van der Waals surface area contributed by atoms with Gasteiger partial charge >= 0.3 is 0 Å². The van der Waals surface area contributed by atoms with Crippen LogP contribution in [0.15, 0.2) is 90.1 Å². The summed E-state index contributed by atoms with van der Waals surface area (Å²) >= 11 is 0. The monoisotopic (exact) mass is 366 g/mol. The molecule has 5 aromatic rings. The SMILES string of the molecule is O=c1c2cnc3c(-c4ccccc4)cnn3c2ccn1CCc1ccccc1. The van der Waals surface area contributed by atoms with Crippen molar-refractivity contribution in [3.05, 3.63) is 101 Å². The molecule has 0 aliphatic heterocycles. The smallest absolute Gasteiger partial charge is 0.261 e. The molecular weight excluding hydrogens is 348 g/mol. The van der Waals surface area contributed by atoms with Gasteiger partial charge in [-0.1, -0.05) is 60.7 Å². The van der Waals surface area contributed by atoms with Crippen LogP contribution in [0.5, 0.6) is 0 Å². The van der Waals surface area contributed by atoms with Gasteiger partial charge < -0.3 is 4.57 Å². The summed E-state index contributed by atoms with van der Waals surface area (Å²) in [6.07, 6.45) is 6.12. The van der Waals surface area contributed by atoms with Crippen LogP contribution in [0.3, 0.4) is 0 Å². The van der Waals surface area contributed by atoms with E-state index in [0.717, 1.165) is 28.7 Å². The summed E-state index contributed by atoms with van der Waals surface area (Å²) in [5.74, 6) is 0. The zero-order valence-electron chi connectivity index (χ0n) is 15.2. The Morgan fingerprint density at radius 3 is 2.39 bits per heavy atom. The molecule has 28 heavy (non-hydrogen) atoms. The number of nitrogens with zero attached hydrogens (tertiary/aromatic N) is 4. The molecule has 0 aliphatic carbocycles. The summed E-state index contributed by atoms with van der Waals surface area (Å²) in [7, 11) is 0. The lowest BCUT2D eigenvalue weighted by Crippen LogP contribution is -2.21. The molecule has 0 aliphatic rings. The van der Waals surface area contributed by atoms with Crippen molar-refractivity contribution in [1.82, 2.24) is 19.2 Å². The molecule has 136 valence electrons. The average molecular weight is 366 g/mol. The van der Waals surface area contributed by atoms with Gasteiger partial charge in [-0.05, 0) is 23.6 Å². The molecule has 5 rings (SSSR count). The fraction of sp³-hybridized carbons (Fsp3) is 0.0870. The molecule has 5 nitrogen and oxygen atoms in total. The van der Waals surface area contributed by atoms with Crippen LogP contribution in [-0.4, -0.2) is 19.2 Å². The minimum atomic E-state index is -0.0420. The highest BCUT2D eigenvalue weighted by atomic mass is 16.1. The molecule has 0 spiro atoms. The van der Waals surface area contributed by atoms with Crippen molar-refractivity contribution >= 4 is 16.6 Å². The molecule has 0 saturated heterocycles. The number of fused-ring (bicyclic) bond motifs is 3. The first kappa shape index (κ1) is 16.4. The Hall–Kier alpha value is -3.73. The highest BCUT2D eigenvalue weighted by molar-refractivity contribution is 5.84. The van der Waals surface area contributed by atoms with Gasteiger partial charge in [0, 0.05) is 24.5 Å². The first-order valence-corrected chi connectivity index (χ1v) is 9.26. The summed E-state index contributed by atoms with van der Waals surface area (Å²) in [6, 6.07) is 22.1. The molecular formula is C23H18N4O. The molecule has 0 fully saturated rings. The molecule has 2 aromatic carbocycles. The fourth-order valence-electron chi connectivity index (χ4n) is 3.55. The number of rotatable bonds is 4. The Morgan fingerprint density at radius 1 is 0.857 bits per heavy atom. The highest BCUT2D eigenvalue weighted by Crippen LogP contribution is 2.24. The van der Waals surface area contributed by atoms with Gasteiger partial charge in [-0.15, -0.1) is 0 Å². The Kier molecular flexibility index (Phi) is 3.98. The number of benzene rings is 2. The second-order valence-electron chi connectivity index (χ2n) is 6.77. The van der Waals surface area contributed by atoms with Crippen LogP contribution in [-0.2, 0) is 13.0 Å². The highest BCUT2D eigenvalue weighted by Gasteiger charge is 2.12. The van der Waals surface area contributed by atoms with Crippen LogP contribution in [0, 0.1) is 0 Å². The molecule has 5 heteroatoms. The second-order valence-corrected chi connectivity index (χ2v) is 6.77. The summed E-state index contributed by atoms with van der Waals surface area (Å²) < 4.78 is 3.49. The minimum Gasteiger partial charge on any atom is -0.314 e. The van der Waals surface area contributed by atoms with Gasteiger partial charge in [0.15, 0.2) is 5.65 Å². The maximum absolute atomic E-state index is 13.0. The third-order valence-electron chi connectivity index (χ3n) is 5.04. The van der Waals surface area contributed by atoms with Crippen molar-refractivity contribution in [2.24, 2.45) is 0 Å². The van der Waals surface area contributed by atoms with Gasteiger partial charge in [-0.3, -0.25) is 4.79 Å². The molecule has 0 N–H and O–H groups in total. The van der Waals surface area contributed by atoms with Crippen LogP contribution in [0.1, 0.15) is 5.56 Å². The zero-order chi connectivity index (χ0) is 18.9. The normalized spacial score (nSPS) is 11.3. The van der Waals surface area contributed by atoms with Crippen molar-refractivity contribution in [3.8, 4) is 11.1 Å². The van der Waals surface area contributed by atoms with Gasteiger partial charge in [-0.2, -0.15) is 5.10 Å². The van der Waals surface area contributed by atoms with Crippen molar-refractivity contribution in [2.75, 3.05) is 0 Å². The summed E-state index contributed by atoms with van der Waals surface area (Å²) in [5, 5.41) is 5.07. The zero-order valence-corrected chi connectivity index (χ0v) is 15.2. The lowest BCUT2D eigenvalue weighted by molar-refractivity contribution is 0.674. The van der Waals surface area contributed by atoms with Crippen LogP contribution >= 0.6 is 0 Å². The van der Waals surface area contributed by atoms with E-state index >= 15 is 0 Å². The third-order valence-corrected chi connectivity index (χ3v) is 5.04. The maximum Gasteiger partial charge on any atom is 0.261 e. The number of aromatic nitrogens is 4. The van der Waals surface area contributed by atoms with E-state index in [1.165, 1.54) is 5.56 Å². The van der Waals surface area contributed by atoms with Crippen LogP contribution in [0.25, 0.3) is 27.7 Å². The average Bonchev–Trinajstić information content (AvgIpc) is 3.19. The van der Waals surface area contributed by atoms with E-state index in [4.69, 9.17) is 0 Å². The van der Waals surface area contributed by atoms with Crippen LogP contribution in [0.4, 0.5) is 0 Å². The lowest BCUT2D eigenvalue weighted by atomic mass is 10.1. The molecule has 0 unspecified atom stereocenters. The molecule has 3 aromatic heterocycles. The van der Waals surface area contributed by atoms with Crippen molar-refractivity contribution < 1.29 is 0 Å². The van der Waals surface area contributed by atoms with Crippen molar-refractivity contribution in [3.63, 3.8) is 0 Å². The van der Waals surface area contributed by atoms with Gasteiger partial charge in [0.1, 0.15) is 0 Å². The van der Waals surface area contributed by atoms with Gasteiger partial charge in [0.2, 0.25) is 0 Å². The van der Waals surface area contributed by atoms with Gasteiger partial charge in [0.05, 0.1) is 17.1 Å². The van der Waals surface area contributed by atoms with E-state index < -0.39 is 0 Å². The van der Waals surface area contributed by atoms with Gasteiger partial charge in [0.25, 0.3) is 5.56 Å². The standard InChI is InChI=1S/C23H18N4O/c28-23-20-15-24-22-19(18-9-5-2-6-10-18)16-25-27(22)21(20)12-14-26(23)13-11-17-7-3-1-4-8-17/h1-10,12,14-16H,11,13H2. The van der Waals surface area contributed by atoms with E-state index in [-0.39, 0.29) is 5.56 Å². The first-order valence-electron chi connectivity index (χ1n) is 9.26. The molecule has 0 amide bonds. The van der Waals surface area contributed by atoms with Crippen molar-refractivity contribution in [1.29, 1.82) is 0 Å². The number of pyridine rings is 1. The Labute approximate surface area is 161 Å². The first-order chi connectivity index (χ1) is 13.8. The Bertz CT molecular complexity index is 1320. The quantitative estimate of drug-likeness (QED) is 0.484. The van der Waals surface area contributed by atoms with E-state index in [1.54, 1.807) is 21.5 Å². The molecule has 3 heterocycles. The molecule has 0 radical (unpaired) electrons. The van der Waals surface area contributed by atoms with Gasteiger partial charge in [-0.25, -0.2) is 9.50 Å². The fourth-order valence-corrected chi connectivity index (χ4v) is 3.55. The second kappa shape index (κ2) is 6.78. The van der Waals surface area contributed by atoms with E-state index in [9.17, 15) is 4.79 Å². The summed E-state index contributed by atoms with van der Waals surface area (Å²) in [4.78, 5) is 17.5. The van der Waals surface area contributed by atoms with Crippen molar-refractivity contribution in [2.45, 2.75) is 13.0 Å². The van der Waals surface area contributed by atoms with E-state index in [1.807, 2.05) is 60.8 Å². The molecule has 0 bridgehead atoms. The number of hydrogen-bond donors (Lipinski definition) is 0.